The fourth-order valence-corrected chi connectivity index (χ4v) is 8.21. The molecule has 0 radical (unpaired) electrons. The van der Waals surface area contributed by atoms with Crippen LogP contribution in [0.5, 0.6) is 0 Å². The van der Waals surface area contributed by atoms with E-state index >= 15 is 0 Å². The van der Waals surface area contributed by atoms with E-state index in [4.69, 9.17) is 13.8 Å². The highest BCUT2D eigenvalue weighted by atomic mass is 31.2. The Morgan fingerprint density at radius 1 is 1.03 bits per heavy atom. The summed E-state index contributed by atoms with van der Waals surface area (Å²) in [7, 11) is -6.29. The summed E-state index contributed by atoms with van der Waals surface area (Å²) in [4.78, 5) is 10.5. The highest BCUT2D eigenvalue weighted by molar-refractivity contribution is 7.60. The van der Waals surface area contributed by atoms with Gasteiger partial charge in [0, 0.05) is 13.1 Å². The number of hydrogen-bond acceptors (Lipinski definition) is 8. The monoisotopic (exact) mass is 514 g/mol. The first-order valence-electron chi connectivity index (χ1n) is 11.9. The van der Waals surface area contributed by atoms with E-state index in [1.807, 2.05) is 13.8 Å². The molecule has 10 atom stereocenters. The minimum atomic E-state index is -4.45. The van der Waals surface area contributed by atoms with Crippen molar-refractivity contribution in [3.8, 4) is 0 Å². The van der Waals surface area contributed by atoms with Crippen molar-refractivity contribution in [1.29, 1.82) is 0 Å². The summed E-state index contributed by atoms with van der Waals surface area (Å²) >= 11 is 0. The number of aliphatic hydroxyl groups excluding tert-OH is 2. The fraction of sp³-hybridized carbons (Fsp3) is 1.00. The summed E-state index contributed by atoms with van der Waals surface area (Å²) in [6.07, 6.45) is -2.36. The number of hydrogen-bond donors (Lipinski definition) is 4. The molecule has 5 unspecified atom stereocenters. The first kappa shape index (κ1) is 31.3. The van der Waals surface area contributed by atoms with Crippen molar-refractivity contribution in [3.63, 3.8) is 0 Å². The molecule has 0 amide bonds. The van der Waals surface area contributed by atoms with Crippen molar-refractivity contribution in [2.45, 2.75) is 127 Å². The van der Waals surface area contributed by atoms with Crippen LogP contribution in [0.2, 0.25) is 0 Å². The Morgan fingerprint density at radius 3 is 1.94 bits per heavy atom. The number of ether oxygens (including phenoxy) is 1. The van der Waals surface area contributed by atoms with Crippen LogP contribution < -0.4 is 0 Å². The molecule has 1 aliphatic heterocycles. The Morgan fingerprint density at radius 2 is 1.58 bits per heavy atom. The summed E-state index contributed by atoms with van der Waals surface area (Å²) in [6.45, 7) is 13.3. The average molecular weight is 514 g/mol. The largest absolute Gasteiger partial charge is 0.388 e. The topological polar surface area (TPSA) is 143 Å². The van der Waals surface area contributed by atoms with Crippen LogP contribution in [0.1, 0.15) is 80.6 Å². The quantitative estimate of drug-likeness (QED) is 0.216. The Kier molecular flexibility index (Phi) is 10.5. The predicted molar refractivity (Wildman–Crippen MR) is 132 cm³/mol. The fourth-order valence-electron chi connectivity index (χ4n) is 4.19. The molecular weight excluding hydrogens is 469 g/mol. The van der Waals surface area contributed by atoms with Gasteiger partial charge >= 0.3 is 7.60 Å². The molecule has 196 valence electrons. The van der Waals surface area contributed by atoms with Crippen LogP contribution in [0.3, 0.4) is 0 Å². The Bertz CT molecular complexity index is 751. The first-order valence-corrected chi connectivity index (χ1v) is 15.6. The molecule has 1 aliphatic rings. The number of aliphatic hydroxyl groups is 3. The molecule has 0 aromatic rings. The minimum absolute atomic E-state index is 0.0161. The maximum absolute atomic E-state index is 14.1. The van der Waals surface area contributed by atoms with Gasteiger partial charge < -0.3 is 34.0 Å². The molecule has 0 aromatic heterocycles. The van der Waals surface area contributed by atoms with Crippen LogP contribution >= 0.6 is 15.0 Å². The molecule has 0 spiro atoms. The van der Waals surface area contributed by atoms with E-state index < -0.39 is 61.5 Å². The van der Waals surface area contributed by atoms with Gasteiger partial charge in [-0.15, -0.1) is 0 Å². The number of rotatable bonds is 13. The van der Waals surface area contributed by atoms with E-state index in [-0.39, 0.29) is 19.3 Å². The Balaban J connectivity index is 3.23. The zero-order chi connectivity index (χ0) is 26.0. The highest BCUT2D eigenvalue weighted by Gasteiger charge is 2.54. The van der Waals surface area contributed by atoms with E-state index in [0.717, 1.165) is 0 Å². The smallest absolute Gasteiger partial charge is 0.359 e. The molecule has 1 fully saturated rings. The lowest BCUT2D eigenvalue weighted by molar-refractivity contribution is -0.0349. The van der Waals surface area contributed by atoms with Gasteiger partial charge in [-0.25, -0.2) is 0 Å². The molecule has 0 bridgehead atoms. The van der Waals surface area contributed by atoms with Gasteiger partial charge in [0.05, 0.1) is 29.0 Å². The van der Waals surface area contributed by atoms with Crippen LogP contribution in [-0.2, 0) is 22.9 Å². The predicted octanol–water partition coefficient (Wildman–Crippen LogP) is 2.82. The maximum Gasteiger partial charge on any atom is 0.359 e. The van der Waals surface area contributed by atoms with Crippen LogP contribution in [0.4, 0.5) is 0 Å². The van der Waals surface area contributed by atoms with Crippen molar-refractivity contribution >= 4 is 22.8 Å². The molecule has 1 saturated heterocycles. The Hall–Kier alpha value is 0.245. The molecule has 12 heteroatoms. The van der Waals surface area contributed by atoms with E-state index in [0.29, 0.717) is 12.8 Å². The van der Waals surface area contributed by atoms with Crippen LogP contribution in [0, 0.1) is 0 Å². The third kappa shape index (κ3) is 6.52. The first-order chi connectivity index (χ1) is 14.9. The molecule has 4 N–H and O–H groups in total. The summed E-state index contributed by atoms with van der Waals surface area (Å²) < 4.78 is 44.6. The third-order valence-electron chi connectivity index (χ3n) is 7.63. The molecule has 0 aromatic carbocycles. The van der Waals surface area contributed by atoms with Crippen LogP contribution in [0.25, 0.3) is 0 Å². The van der Waals surface area contributed by atoms with Gasteiger partial charge in [-0.2, -0.15) is 0 Å². The highest BCUT2D eigenvalue weighted by Crippen LogP contribution is 2.66. The SMILES string of the molecule is B[C@@H]1O[C@H](CC(C)(CC)OP(C)(=O)C(C)(CC)C(CC)OP(=O)(O)[C@@](C)(O)CC)[C@@H](O)[C@H]1O. The van der Waals surface area contributed by atoms with E-state index in [2.05, 4.69) is 0 Å². The Labute approximate surface area is 200 Å². The van der Waals surface area contributed by atoms with Gasteiger partial charge in [0.1, 0.15) is 20.1 Å². The van der Waals surface area contributed by atoms with Crippen molar-refractivity contribution in [3.05, 3.63) is 0 Å². The minimum Gasteiger partial charge on any atom is -0.388 e. The summed E-state index contributed by atoms with van der Waals surface area (Å²) in [6, 6.07) is -0.525. The second-order valence-corrected chi connectivity index (χ2v) is 15.2. The van der Waals surface area contributed by atoms with Gasteiger partial charge in [0.2, 0.25) is 7.37 Å². The zero-order valence-electron chi connectivity index (χ0n) is 21.6. The van der Waals surface area contributed by atoms with Gasteiger partial charge in [0.25, 0.3) is 0 Å². The average Bonchev–Trinajstić information content (AvgIpc) is 2.96. The summed E-state index contributed by atoms with van der Waals surface area (Å²) in [5.41, 5.74) is -0.952. The molecule has 1 rings (SSSR count). The second-order valence-electron chi connectivity index (χ2n) is 10.1. The van der Waals surface area contributed by atoms with Crippen molar-refractivity contribution in [2.24, 2.45) is 0 Å². The zero-order valence-corrected chi connectivity index (χ0v) is 23.4. The maximum atomic E-state index is 14.1. The molecular formula is C21H45BO9P2. The summed E-state index contributed by atoms with van der Waals surface area (Å²) in [5, 5.41) is 27.7. The standard InChI is InChI=1S/C21H45BO9P2/c1-9-15(30-33(27,28)21(7,25)12-4)20(6,11-3)32(8,26)31-19(5,10-2)13-14-16(23)17(24)18(22)29-14/h14-18,23-25H,9-13,22H2,1-8H3,(H,27,28)/t14-,15?,16-,17-,18-,19?,20?,21-,32?/m1/s1. The lowest BCUT2D eigenvalue weighted by Gasteiger charge is -2.45. The second kappa shape index (κ2) is 11.1. The van der Waals surface area contributed by atoms with Gasteiger partial charge in [-0.1, -0.05) is 27.7 Å². The van der Waals surface area contributed by atoms with Gasteiger partial charge in [-0.05, 0) is 46.5 Å². The molecule has 9 nitrogen and oxygen atoms in total. The summed E-state index contributed by atoms with van der Waals surface area (Å²) in [5.74, 6) is 0. The van der Waals surface area contributed by atoms with Crippen LogP contribution in [-0.4, -0.2) is 81.2 Å². The van der Waals surface area contributed by atoms with Crippen molar-refractivity contribution in [2.75, 3.05) is 6.66 Å². The van der Waals surface area contributed by atoms with Gasteiger partial charge in [-0.3, -0.25) is 9.13 Å². The molecule has 1 heterocycles. The van der Waals surface area contributed by atoms with Gasteiger partial charge in [0.15, 0.2) is 5.34 Å². The van der Waals surface area contributed by atoms with E-state index in [1.54, 1.807) is 35.5 Å². The molecule has 33 heavy (non-hydrogen) atoms. The van der Waals surface area contributed by atoms with E-state index in [1.165, 1.54) is 13.6 Å². The van der Waals surface area contributed by atoms with Crippen molar-refractivity contribution < 1.29 is 43.1 Å². The molecule has 0 aliphatic carbocycles. The molecule has 0 saturated carbocycles. The van der Waals surface area contributed by atoms with Crippen molar-refractivity contribution in [1.82, 2.24) is 0 Å². The third-order valence-corrected chi connectivity index (χ3v) is 13.0. The van der Waals surface area contributed by atoms with E-state index in [9.17, 15) is 29.3 Å². The lowest BCUT2D eigenvalue weighted by atomic mass is 9.90. The normalized spacial score (nSPS) is 33.8. The lowest BCUT2D eigenvalue weighted by Crippen LogP contribution is -2.45. The van der Waals surface area contributed by atoms with Crippen LogP contribution in [0.15, 0.2) is 0 Å².